The van der Waals surface area contributed by atoms with Crippen LogP contribution in [-0.4, -0.2) is 21.3 Å². The predicted octanol–water partition coefficient (Wildman–Crippen LogP) is 5.27. The van der Waals surface area contributed by atoms with E-state index in [0.717, 1.165) is 11.5 Å². The molecule has 0 aromatic carbocycles. The van der Waals surface area contributed by atoms with Gasteiger partial charge in [0.2, 0.25) is 0 Å². The predicted molar refractivity (Wildman–Crippen MR) is 96.6 cm³/mol. The van der Waals surface area contributed by atoms with Crippen LogP contribution in [0.5, 0.6) is 0 Å². The summed E-state index contributed by atoms with van der Waals surface area (Å²) in [5.41, 5.74) is 0. The molecule has 0 bridgehead atoms. The fraction of sp³-hybridized carbons (Fsp3) is 1.00. The van der Waals surface area contributed by atoms with Gasteiger partial charge in [-0.2, -0.15) is 0 Å². The standard InChI is InChI=1S/C16H37O2PS.Mo/c1-3-5-7-9-11-13-15-20(19(17)18)16-14-12-10-8-6-4-2;/h17-19H,3-16H2,1-2H3;. The summed E-state index contributed by atoms with van der Waals surface area (Å²) in [6.07, 6.45) is 15.5. The van der Waals surface area contributed by atoms with Crippen molar-refractivity contribution in [2.45, 2.75) is 90.9 Å². The van der Waals surface area contributed by atoms with Crippen molar-refractivity contribution in [3.05, 3.63) is 0 Å². The second-order valence-electron chi connectivity index (χ2n) is 5.72. The fourth-order valence-electron chi connectivity index (χ4n) is 2.40. The van der Waals surface area contributed by atoms with Gasteiger partial charge in [0.25, 0.3) is 0 Å². The van der Waals surface area contributed by atoms with Gasteiger partial charge in [0.15, 0.2) is 0 Å². The van der Waals surface area contributed by atoms with Crippen LogP contribution in [0.4, 0.5) is 0 Å². The molecule has 0 aromatic heterocycles. The Labute approximate surface area is 150 Å². The van der Waals surface area contributed by atoms with Gasteiger partial charge in [0.05, 0.1) is 0 Å². The first-order valence-corrected chi connectivity index (χ1v) is 12.3. The molecule has 0 saturated heterocycles. The number of hydrogen-bond donors (Lipinski definition) is 2. The van der Waals surface area contributed by atoms with E-state index in [4.69, 9.17) is 0 Å². The Bertz CT molecular complexity index is 228. The maximum Gasteiger partial charge on any atom is 0.131 e. The van der Waals surface area contributed by atoms with E-state index in [-0.39, 0.29) is 31.1 Å². The van der Waals surface area contributed by atoms with Crippen LogP contribution in [0.2, 0.25) is 0 Å². The minimum absolute atomic E-state index is 0. The van der Waals surface area contributed by atoms with E-state index in [2.05, 4.69) is 13.8 Å². The summed E-state index contributed by atoms with van der Waals surface area (Å²) in [6, 6.07) is 0. The Morgan fingerprint density at radius 3 is 1.29 bits per heavy atom. The average molecular weight is 420 g/mol. The molecular formula is C16H37MoO2PS. The van der Waals surface area contributed by atoms with Gasteiger partial charge in [-0.15, -0.1) is 10.1 Å². The Hall–Kier alpha value is 1.39. The quantitative estimate of drug-likeness (QED) is 0.228. The molecule has 5 heteroatoms. The van der Waals surface area contributed by atoms with Crippen LogP contribution in [0.3, 0.4) is 0 Å². The van der Waals surface area contributed by atoms with Gasteiger partial charge in [-0.05, 0) is 24.3 Å². The summed E-state index contributed by atoms with van der Waals surface area (Å²) >= 11 is 0. The van der Waals surface area contributed by atoms with Crippen molar-refractivity contribution in [3.8, 4) is 0 Å². The van der Waals surface area contributed by atoms with Crippen molar-refractivity contribution in [2.24, 2.45) is 0 Å². The zero-order chi connectivity index (χ0) is 15.1. The third-order valence-electron chi connectivity index (χ3n) is 3.75. The average Bonchev–Trinajstić information content (AvgIpc) is 2.43. The molecule has 21 heavy (non-hydrogen) atoms. The zero-order valence-electron chi connectivity index (χ0n) is 14.1. The first kappa shape index (κ1) is 24.6. The van der Waals surface area contributed by atoms with Crippen molar-refractivity contribution in [2.75, 3.05) is 11.5 Å². The number of unbranched alkanes of at least 4 members (excludes halogenated alkanes) is 10. The Kier molecular flexibility index (Phi) is 22.8. The van der Waals surface area contributed by atoms with E-state index in [1.54, 1.807) is 0 Å². The van der Waals surface area contributed by atoms with E-state index in [1.807, 2.05) is 0 Å². The second-order valence-corrected chi connectivity index (χ2v) is 10.9. The van der Waals surface area contributed by atoms with E-state index in [0.29, 0.717) is 0 Å². The van der Waals surface area contributed by atoms with Crippen LogP contribution in [0.15, 0.2) is 0 Å². The van der Waals surface area contributed by atoms with E-state index in [1.165, 1.54) is 77.0 Å². The molecule has 0 amide bonds. The molecule has 0 rings (SSSR count). The zero-order valence-corrected chi connectivity index (χ0v) is 17.9. The van der Waals surface area contributed by atoms with Gasteiger partial charge >= 0.3 is 0 Å². The van der Waals surface area contributed by atoms with Crippen LogP contribution in [0.1, 0.15) is 90.9 Å². The Balaban J connectivity index is 0. The maximum absolute atomic E-state index is 9.56. The van der Waals surface area contributed by atoms with E-state index < -0.39 is 7.15 Å². The molecule has 0 radical (unpaired) electrons. The molecule has 2 nitrogen and oxygen atoms in total. The van der Waals surface area contributed by atoms with Crippen LogP contribution in [-0.2, 0) is 31.1 Å². The molecule has 0 unspecified atom stereocenters. The minimum atomic E-state index is -2.04. The van der Waals surface area contributed by atoms with Crippen molar-refractivity contribution in [1.29, 1.82) is 0 Å². The molecule has 130 valence electrons. The van der Waals surface area contributed by atoms with Gasteiger partial charge in [-0.25, -0.2) is 0 Å². The van der Waals surface area contributed by atoms with E-state index in [9.17, 15) is 9.79 Å². The van der Waals surface area contributed by atoms with E-state index >= 15 is 0 Å². The third-order valence-corrected chi connectivity index (χ3v) is 8.60. The van der Waals surface area contributed by atoms with Crippen LogP contribution < -0.4 is 0 Å². The molecule has 0 heterocycles. The van der Waals surface area contributed by atoms with Gasteiger partial charge < -0.3 is 9.79 Å². The second kappa shape index (κ2) is 19.4. The van der Waals surface area contributed by atoms with Gasteiger partial charge in [-0.3, -0.25) is 0 Å². The molecule has 0 saturated carbocycles. The molecule has 0 aliphatic heterocycles. The summed E-state index contributed by atoms with van der Waals surface area (Å²) in [7, 11) is -2.12. The molecule has 0 aliphatic rings. The Morgan fingerprint density at radius 2 is 0.952 bits per heavy atom. The molecular weight excluding hydrogens is 383 g/mol. The van der Waals surface area contributed by atoms with Gasteiger partial charge in [0.1, 0.15) is 7.15 Å². The van der Waals surface area contributed by atoms with Crippen molar-refractivity contribution in [3.63, 3.8) is 0 Å². The monoisotopic (exact) mass is 422 g/mol. The first-order chi connectivity index (χ1) is 9.72. The summed E-state index contributed by atoms with van der Waals surface area (Å²) in [6.45, 7) is 4.48. The smallest absolute Gasteiger partial charge is 0.131 e. The largest absolute Gasteiger partial charge is 0.351 e. The summed E-state index contributed by atoms with van der Waals surface area (Å²) in [4.78, 5) is 19.1. The molecule has 0 atom stereocenters. The summed E-state index contributed by atoms with van der Waals surface area (Å²) < 4.78 is 0. The molecule has 0 aromatic rings. The van der Waals surface area contributed by atoms with Crippen LogP contribution in [0.25, 0.3) is 0 Å². The topological polar surface area (TPSA) is 40.5 Å². The normalized spacial score (nSPS) is 11.1. The van der Waals surface area contributed by atoms with Crippen molar-refractivity contribution in [1.82, 2.24) is 0 Å². The van der Waals surface area contributed by atoms with Crippen LogP contribution >= 0.6 is 7.15 Å². The van der Waals surface area contributed by atoms with Gasteiger partial charge in [0, 0.05) is 21.1 Å². The molecule has 0 fully saturated rings. The number of hydrogen-bond acceptors (Lipinski definition) is 0. The molecule has 0 spiro atoms. The number of rotatable bonds is 14. The van der Waals surface area contributed by atoms with Crippen LogP contribution in [0, 0.1) is 0 Å². The maximum atomic E-state index is 9.56. The van der Waals surface area contributed by atoms with Gasteiger partial charge in [-0.1, -0.05) is 78.1 Å². The third kappa shape index (κ3) is 17.6. The summed E-state index contributed by atoms with van der Waals surface area (Å²) in [5.74, 6) is 2.12. The first-order valence-electron chi connectivity index (χ1n) is 8.64. The summed E-state index contributed by atoms with van der Waals surface area (Å²) in [5, 5.41) is 0. The minimum Gasteiger partial charge on any atom is -0.351 e. The van der Waals surface area contributed by atoms with Crippen molar-refractivity contribution >= 4 is 17.2 Å². The molecule has 2 N–H and O–H groups in total. The Morgan fingerprint density at radius 1 is 0.619 bits per heavy atom. The molecule has 0 aliphatic carbocycles. The van der Waals surface area contributed by atoms with Crippen molar-refractivity contribution < 1.29 is 30.9 Å². The fourth-order valence-corrected chi connectivity index (χ4v) is 6.03. The SMILES string of the molecule is CCCCCCCCS(CCCCCCCC)=[PH](O)O.[Mo].